The molecule has 2 aromatic rings. The zero-order valence-electron chi connectivity index (χ0n) is 8.27. The van der Waals surface area contributed by atoms with Gasteiger partial charge in [0.1, 0.15) is 12.1 Å². The van der Waals surface area contributed by atoms with E-state index in [1.165, 1.54) is 18.5 Å². The van der Waals surface area contributed by atoms with Gasteiger partial charge in [-0.3, -0.25) is 10.1 Å². The van der Waals surface area contributed by atoms with Crippen molar-refractivity contribution in [2.24, 2.45) is 0 Å². The molecule has 0 bridgehead atoms. The van der Waals surface area contributed by atoms with Gasteiger partial charge in [-0.25, -0.2) is 9.49 Å². The molecule has 82 valence electrons. The van der Waals surface area contributed by atoms with Gasteiger partial charge >= 0.3 is 0 Å². The Balaban J connectivity index is 1.97. The van der Waals surface area contributed by atoms with Crippen molar-refractivity contribution in [2.45, 2.75) is 6.42 Å². The number of carbonyl (C=O) groups excluding carboxylic acids is 1. The summed E-state index contributed by atoms with van der Waals surface area (Å²) in [5.74, 6) is -0.353. The molecule has 0 aliphatic rings. The average Bonchev–Trinajstić information content (AvgIpc) is 2.70. The normalized spacial score (nSPS) is 10.1. The molecule has 5 nitrogen and oxygen atoms in total. The zero-order valence-corrected chi connectivity index (χ0v) is 8.27. The Kier molecular flexibility index (Phi) is 2.90. The Morgan fingerprint density at radius 3 is 3.06 bits per heavy atom. The molecule has 0 saturated carbocycles. The van der Waals surface area contributed by atoms with E-state index in [1.54, 1.807) is 12.1 Å². The lowest BCUT2D eigenvalue weighted by Gasteiger charge is -2.01. The number of nitrogens with zero attached hydrogens (tertiary/aromatic N) is 2. The molecule has 2 rings (SSSR count). The molecule has 0 radical (unpaired) electrons. The minimum atomic E-state index is -0.357. The fraction of sp³-hybridized carbons (Fsp3) is 0.100. The van der Waals surface area contributed by atoms with Crippen LogP contribution in [0.1, 0.15) is 5.56 Å². The van der Waals surface area contributed by atoms with Crippen LogP contribution in [-0.2, 0) is 11.2 Å². The van der Waals surface area contributed by atoms with Gasteiger partial charge in [-0.15, -0.1) is 0 Å². The Morgan fingerprint density at radius 2 is 2.38 bits per heavy atom. The number of H-pyrrole nitrogens is 1. The SMILES string of the molecule is O=C(Cc1cccc(F)c1)Nc1ncn[nH]1. The monoisotopic (exact) mass is 220 g/mol. The number of halogens is 1. The highest BCUT2D eigenvalue weighted by Gasteiger charge is 2.05. The third-order valence-electron chi connectivity index (χ3n) is 1.93. The van der Waals surface area contributed by atoms with Crippen molar-refractivity contribution >= 4 is 11.9 Å². The number of nitrogens with one attached hydrogen (secondary N) is 2. The highest BCUT2D eigenvalue weighted by Crippen LogP contribution is 2.05. The second-order valence-electron chi connectivity index (χ2n) is 3.19. The number of aromatic amines is 1. The van der Waals surface area contributed by atoms with Crippen molar-refractivity contribution in [3.63, 3.8) is 0 Å². The summed E-state index contributed by atoms with van der Waals surface area (Å²) in [7, 11) is 0. The second kappa shape index (κ2) is 4.52. The van der Waals surface area contributed by atoms with Crippen LogP contribution in [0.2, 0.25) is 0 Å². The van der Waals surface area contributed by atoms with Gasteiger partial charge in [0.05, 0.1) is 6.42 Å². The molecule has 0 unspecified atom stereocenters. The Morgan fingerprint density at radius 1 is 1.50 bits per heavy atom. The molecule has 1 amide bonds. The summed E-state index contributed by atoms with van der Waals surface area (Å²) in [6, 6.07) is 5.90. The maximum Gasteiger partial charge on any atom is 0.231 e. The molecule has 0 spiro atoms. The van der Waals surface area contributed by atoms with E-state index in [9.17, 15) is 9.18 Å². The van der Waals surface area contributed by atoms with E-state index >= 15 is 0 Å². The Labute approximate surface area is 90.7 Å². The van der Waals surface area contributed by atoms with Crippen LogP contribution < -0.4 is 5.32 Å². The van der Waals surface area contributed by atoms with Crippen LogP contribution in [0.3, 0.4) is 0 Å². The number of hydrogen-bond donors (Lipinski definition) is 2. The summed E-state index contributed by atoms with van der Waals surface area (Å²) in [4.78, 5) is 15.2. The molecule has 1 aromatic heterocycles. The molecule has 0 fully saturated rings. The van der Waals surface area contributed by atoms with Crippen molar-refractivity contribution in [1.82, 2.24) is 15.2 Å². The fourth-order valence-electron chi connectivity index (χ4n) is 1.27. The third-order valence-corrected chi connectivity index (χ3v) is 1.93. The summed E-state index contributed by atoms with van der Waals surface area (Å²) >= 11 is 0. The lowest BCUT2D eigenvalue weighted by atomic mass is 10.1. The van der Waals surface area contributed by atoms with Gasteiger partial charge in [0.15, 0.2) is 0 Å². The summed E-state index contributed by atoms with van der Waals surface area (Å²) in [6.45, 7) is 0. The van der Waals surface area contributed by atoms with Gasteiger partial charge in [0.25, 0.3) is 0 Å². The van der Waals surface area contributed by atoms with Crippen molar-refractivity contribution in [3.8, 4) is 0 Å². The van der Waals surface area contributed by atoms with Crippen LogP contribution in [0, 0.1) is 5.82 Å². The minimum absolute atomic E-state index is 0.0957. The summed E-state index contributed by atoms with van der Waals surface area (Å²) in [6.07, 6.45) is 1.39. The quantitative estimate of drug-likeness (QED) is 0.814. The van der Waals surface area contributed by atoms with E-state index in [0.29, 0.717) is 5.56 Å². The smallest absolute Gasteiger partial charge is 0.231 e. The van der Waals surface area contributed by atoms with Crippen LogP contribution in [0.15, 0.2) is 30.6 Å². The van der Waals surface area contributed by atoms with Gasteiger partial charge in [0.2, 0.25) is 11.9 Å². The first-order valence-corrected chi connectivity index (χ1v) is 4.64. The van der Waals surface area contributed by atoms with E-state index in [1.807, 2.05) is 0 Å². The van der Waals surface area contributed by atoms with Crippen LogP contribution in [0.5, 0.6) is 0 Å². The molecule has 1 heterocycles. The predicted molar refractivity (Wildman–Crippen MR) is 55.1 cm³/mol. The zero-order chi connectivity index (χ0) is 11.4. The first kappa shape index (κ1) is 10.3. The molecule has 0 aliphatic carbocycles. The molecular weight excluding hydrogens is 211 g/mol. The van der Waals surface area contributed by atoms with Gasteiger partial charge in [-0.05, 0) is 17.7 Å². The topological polar surface area (TPSA) is 70.7 Å². The van der Waals surface area contributed by atoms with E-state index in [-0.39, 0.29) is 24.1 Å². The van der Waals surface area contributed by atoms with Crippen LogP contribution in [-0.4, -0.2) is 21.1 Å². The van der Waals surface area contributed by atoms with Crippen LogP contribution in [0.4, 0.5) is 10.3 Å². The summed E-state index contributed by atoms with van der Waals surface area (Å²) in [5.41, 5.74) is 0.608. The molecule has 1 aromatic carbocycles. The van der Waals surface area contributed by atoms with Gasteiger partial charge < -0.3 is 0 Å². The lowest BCUT2D eigenvalue weighted by Crippen LogP contribution is -2.15. The van der Waals surface area contributed by atoms with Crippen molar-refractivity contribution in [1.29, 1.82) is 0 Å². The number of rotatable bonds is 3. The first-order valence-electron chi connectivity index (χ1n) is 4.64. The fourth-order valence-corrected chi connectivity index (χ4v) is 1.27. The van der Waals surface area contributed by atoms with E-state index in [2.05, 4.69) is 20.5 Å². The molecule has 0 aliphatic heterocycles. The van der Waals surface area contributed by atoms with E-state index < -0.39 is 0 Å². The molecule has 2 N–H and O–H groups in total. The number of anilines is 1. The predicted octanol–water partition coefficient (Wildman–Crippen LogP) is 1.12. The average molecular weight is 220 g/mol. The van der Waals surface area contributed by atoms with Crippen LogP contribution in [0.25, 0.3) is 0 Å². The van der Waals surface area contributed by atoms with Gasteiger partial charge in [0, 0.05) is 0 Å². The standard InChI is InChI=1S/C10H9FN4O/c11-8-3-1-2-7(4-8)5-9(16)14-10-12-6-13-15-10/h1-4,6H,5H2,(H2,12,13,14,15,16). The lowest BCUT2D eigenvalue weighted by molar-refractivity contribution is -0.115. The molecule has 0 saturated heterocycles. The molecular formula is C10H9FN4O. The third kappa shape index (κ3) is 2.63. The number of hydrogen-bond acceptors (Lipinski definition) is 3. The number of carbonyl (C=O) groups is 1. The van der Waals surface area contributed by atoms with Gasteiger partial charge in [-0.1, -0.05) is 12.1 Å². The Bertz CT molecular complexity index is 483. The van der Waals surface area contributed by atoms with Gasteiger partial charge in [-0.2, -0.15) is 10.1 Å². The van der Waals surface area contributed by atoms with E-state index in [0.717, 1.165) is 0 Å². The Hall–Kier alpha value is -2.24. The molecule has 0 atom stereocenters. The van der Waals surface area contributed by atoms with Crippen molar-refractivity contribution < 1.29 is 9.18 Å². The first-order chi connectivity index (χ1) is 7.74. The number of aromatic nitrogens is 3. The highest BCUT2D eigenvalue weighted by atomic mass is 19.1. The molecule has 16 heavy (non-hydrogen) atoms. The summed E-state index contributed by atoms with van der Waals surface area (Å²) in [5, 5.41) is 8.58. The number of benzene rings is 1. The minimum Gasteiger partial charge on any atom is -0.295 e. The van der Waals surface area contributed by atoms with Crippen molar-refractivity contribution in [3.05, 3.63) is 42.0 Å². The summed E-state index contributed by atoms with van der Waals surface area (Å²) < 4.78 is 12.8. The number of amides is 1. The second-order valence-corrected chi connectivity index (χ2v) is 3.19. The maximum atomic E-state index is 12.8. The maximum absolute atomic E-state index is 12.8. The van der Waals surface area contributed by atoms with E-state index in [4.69, 9.17) is 0 Å². The highest BCUT2D eigenvalue weighted by molar-refractivity contribution is 5.90. The van der Waals surface area contributed by atoms with Crippen LogP contribution >= 0.6 is 0 Å². The molecule has 6 heteroatoms. The largest absolute Gasteiger partial charge is 0.295 e. The van der Waals surface area contributed by atoms with Crippen molar-refractivity contribution in [2.75, 3.05) is 5.32 Å².